The highest BCUT2D eigenvalue weighted by Crippen LogP contribution is 2.37. The van der Waals surface area contributed by atoms with Gasteiger partial charge >= 0.3 is 0 Å². The van der Waals surface area contributed by atoms with Crippen LogP contribution in [0.4, 0.5) is 0 Å². The van der Waals surface area contributed by atoms with Crippen LogP contribution in [0.5, 0.6) is 11.5 Å². The molecule has 0 aliphatic carbocycles. The molecule has 6 nitrogen and oxygen atoms in total. The van der Waals surface area contributed by atoms with Gasteiger partial charge in [0.2, 0.25) is 12.7 Å². The maximum absolute atomic E-state index is 12.6. The Morgan fingerprint density at radius 1 is 1.35 bits per heavy atom. The normalized spacial score (nSPS) is 21.9. The molecule has 7 heteroatoms. The van der Waals surface area contributed by atoms with Crippen molar-refractivity contribution in [3.63, 3.8) is 0 Å². The number of ether oxygens (including phenoxy) is 2. The minimum absolute atomic E-state index is 0.000866. The molecular weight excluding hydrogens is 352 g/mol. The van der Waals surface area contributed by atoms with Crippen LogP contribution in [0.25, 0.3) is 0 Å². The number of nitrogens with zero attached hydrogens (tertiary/aromatic N) is 2. The molecule has 4 rings (SSSR count). The fraction of sp³-hybridized carbons (Fsp3) is 0.474. The van der Waals surface area contributed by atoms with E-state index in [-0.39, 0.29) is 18.6 Å². The fourth-order valence-electron chi connectivity index (χ4n) is 3.68. The number of aryl methyl sites for hydroxylation is 2. The van der Waals surface area contributed by atoms with Crippen molar-refractivity contribution >= 4 is 17.2 Å². The number of fused-ring (bicyclic) bond motifs is 1. The van der Waals surface area contributed by atoms with E-state index in [1.54, 1.807) is 16.2 Å². The summed E-state index contributed by atoms with van der Waals surface area (Å²) in [7, 11) is 0. The van der Waals surface area contributed by atoms with Gasteiger partial charge in [-0.25, -0.2) is 4.98 Å². The van der Waals surface area contributed by atoms with Crippen molar-refractivity contribution in [1.29, 1.82) is 0 Å². The van der Waals surface area contributed by atoms with Gasteiger partial charge in [0, 0.05) is 23.9 Å². The van der Waals surface area contributed by atoms with Crippen LogP contribution in [0, 0.1) is 13.8 Å². The average Bonchev–Trinajstić information content (AvgIpc) is 3.20. The Kier molecular flexibility index (Phi) is 4.58. The lowest BCUT2D eigenvalue weighted by molar-refractivity contribution is -0.133. The molecule has 3 heterocycles. The van der Waals surface area contributed by atoms with Gasteiger partial charge in [-0.3, -0.25) is 4.79 Å². The number of rotatable bonds is 3. The Balaban J connectivity index is 1.41. The lowest BCUT2D eigenvalue weighted by Gasteiger charge is -2.36. The molecule has 1 saturated heterocycles. The number of hydrogen-bond donors (Lipinski definition) is 1. The number of hydrogen-bond acceptors (Lipinski definition) is 6. The van der Waals surface area contributed by atoms with E-state index in [2.05, 4.69) is 4.98 Å². The van der Waals surface area contributed by atoms with Crippen molar-refractivity contribution < 1.29 is 19.4 Å². The third kappa shape index (κ3) is 3.29. The van der Waals surface area contributed by atoms with E-state index < -0.39 is 6.10 Å². The molecule has 0 spiro atoms. The van der Waals surface area contributed by atoms with E-state index in [0.717, 1.165) is 39.1 Å². The van der Waals surface area contributed by atoms with Crippen LogP contribution in [0.15, 0.2) is 18.2 Å². The lowest BCUT2D eigenvalue weighted by Crippen LogP contribution is -2.46. The molecular formula is C19H22N2O4S. The molecule has 2 aliphatic heterocycles. The second-order valence-electron chi connectivity index (χ2n) is 6.83. The summed E-state index contributed by atoms with van der Waals surface area (Å²) in [6.45, 7) is 5.13. The van der Waals surface area contributed by atoms with Crippen molar-refractivity contribution in [1.82, 2.24) is 9.88 Å². The van der Waals surface area contributed by atoms with E-state index in [1.165, 1.54) is 0 Å². The second kappa shape index (κ2) is 6.89. The predicted octanol–water partition coefficient (Wildman–Crippen LogP) is 2.41. The predicted molar refractivity (Wildman–Crippen MR) is 97.8 cm³/mol. The van der Waals surface area contributed by atoms with Gasteiger partial charge in [-0.1, -0.05) is 6.07 Å². The smallest absolute Gasteiger partial charge is 0.231 e. The summed E-state index contributed by atoms with van der Waals surface area (Å²) in [4.78, 5) is 19.8. The summed E-state index contributed by atoms with van der Waals surface area (Å²) in [5.74, 6) is 1.52. The fourth-order valence-corrected chi connectivity index (χ4v) is 4.61. The van der Waals surface area contributed by atoms with Crippen LogP contribution < -0.4 is 9.47 Å². The summed E-state index contributed by atoms with van der Waals surface area (Å²) in [5.41, 5.74) is 1.96. The highest BCUT2D eigenvalue weighted by molar-refractivity contribution is 7.11. The molecule has 1 aromatic carbocycles. The summed E-state index contributed by atoms with van der Waals surface area (Å²) in [6.07, 6.45) is 0.504. The number of amides is 1. The zero-order chi connectivity index (χ0) is 18.3. The first kappa shape index (κ1) is 17.3. The number of carbonyl (C=O) groups excluding carboxylic acids is 1. The molecule has 1 amide bonds. The average molecular weight is 374 g/mol. The van der Waals surface area contributed by atoms with Gasteiger partial charge in [0.05, 0.1) is 23.2 Å². The third-order valence-corrected chi connectivity index (χ3v) is 6.14. The zero-order valence-corrected chi connectivity index (χ0v) is 15.7. The van der Waals surface area contributed by atoms with E-state index in [9.17, 15) is 9.90 Å². The summed E-state index contributed by atoms with van der Waals surface area (Å²) < 4.78 is 10.8. The van der Waals surface area contributed by atoms with Crippen molar-refractivity contribution in [2.45, 2.75) is 38.7 Å². The van der Waals surface area contributed by atoms with Crippen molar-refractivity contribution in [3.8, 4) is 11.5 Å². The van der Waals surface area contributed by atoms with Crippen LogP contribution in [-0.4, -0.2) is 46.9 Å². The quantitative estimate of drug-likeness (QED) is 0.893. The van der Waals surface area contributed by atoms with Gasteiger partial charge in [0.15, 0.2) is 11.5 Å². The number of aromatic nitrogens is 1. The monoisotopic (exact) mass is 374 g/mol. The molecule has 0 saturated carbocycles. The molecule has 1 fully saturated rings. The summed E-state index contributed by atoms with van der Waals surface area (Å²) in [6, 6.07) is 5.80. The van der Waals surface area contributed by atoms with Gasteiger partial charge in [0.1, 0.15) is 0 Å². The first-order valence-corrected chi connectivity index (χ1v) is 9.61. The molecule has 2 aliphatic rings. The zero-order valence-electron chi connectivity index (χ0n) is 14.9. The van der Waals surface area contributed by atoms with Crippen LogP contribution in [0.3, 0.4) is 0 Å². The van der Waals surface area contributed by atoms with Crippen LogP contribution in [0.2, 0.25) is 0 Å². The Morgan fingerprint density at radius 3 is 2.88 bits per heavy atom. The highest BCUT2D eigenvalue weighted by atomic mass is 32.1. The maximum atomic E-state index is 12.6. The van der Waals surface area contributed by atoms with Gasteiger partial charge in [-0.2, -0.15) is 0 Å². The standard InChI is InChI=1S/C19H22N2O4S/c1-11-18(26-12(2)20-11)8-19(23)21-6-5-14(15(22)9-21)13-3-4-16-17(7-13)25-10-24-16/h3-4,7,14-15,22H,5-6,8-10H2,1-2H3/t14-,15+/m1/s1. The third-order valence-electron chi connectivity index (χ3n) is 5.07. The molecule has 2 atom stereocenters. The number of aliphatic hydroxyl groups excluding tert-OH is 1. The van der Waals surface area contributed by atoms with Crippen molar-refractivity contribution in [2.75, 3.05) is 19.9 Å². The van der Waals surface area contributed by atoms with E-state index in [1.807, 2.05) is 32.0 Å². The van der Waals surface area contributed by atoms with Gasteiger partial charge in [-0.15, -0.1) is 11.3 Å². The Bertz CT molecular complexity index is 835. The molecule has 1 N–H and O–H groups in total. The van der Waals surface area contributed by atoms with E-state index in [0.29, 0.717) is 19.5 Å². The molecule has 0 unspecified atom stereocenters. The molecule has 0 radical (unpaired) electrons. The minimum Gasteiger partial charge on any atom is -0.454 e. The Morgan fingerprint density at radius 2 is 2.15 bits per heavy atom. The van der Waals surface area contributed by atoms with Crippen LogP contribution in [-0.2, 0) is 11.2 Å². The largest absolute Gasteiger partial charge is 0.454 e. The summed E-state index contributed by atoms with van der Waals surface area (Å²) >= 11 is 1.57. The van der Waals surface area contributed by atoms with E-state index >= 15 is 0 Å². The van der Waals surface area contributed by atoms with Crippen LogP contribution >= 0.6 is 11.3 Å². The maximum Gasteiger partial charge on any atom is 0.231 e. The first-order chi connectivity index (χ1) is 12.5. The SMILES string of the molecule is Cc1nc(C)c(CC(=O)N2CC[C@H](c3ccc4c(c3)OCO4)[C@@H](O)C2)s1. The molecule has 138 valence electrons. The van der Waals surface area contributed by atoms with E-state index in [4.69, 9.17) is 9.47 Å². The number of carbonyl (C=O) groups is 1. The Labute approximate surface area is 156 Å². The lowest BCUT2D eigenvalue weighted by atomic mass is 9.86. The topological polar surface area (TPSA) is 71.9 Å². The second-order valence-corrected chi connectivity index (χ2v) is 8.12. The molecule has 2 aromatic rings. The number of likely N-dealkylation sites (tertiary alicyclic amines) is 1. The number of β-amino-alcohol motifs (C(OH)–C–C–N with tert-alkyl or cyclic N) is 1. The number of aliphatic hydroxyl groups is 1. The van der Waals surface area contributed by atoms with Gasteiger partial charge < -0.3 is 19.5 Å². The van der Waals surface area contributed by atoms with Crippen LogP contribution in [0.1, 0.15) is 33.5 Å². The van der Waals surface area contributed by atoms with Crippen molar-refractivity contribution in [2.24, 2.45) is 0 Å². The first-order valence-electron chi connectivity index (χ1n) is 8.79. The molecule has 0 bridgehead atoms. The highest BCUT2D eigenvalue weighted by Gasteiger charge is 2.32. The Hall–Kier alpha value is -2.12. The molecule has 26 heavy (non-hydrogen) atoms. The number of benzene rings is 1. The molecule has 1 aromatic heterocycles. The van der Waals surface area contributed by atoms with Gasteiger partial charge in [0.25, 0.3) is 0 Å². The van der Waals surface area contributed by atoms with Gasteiger partial charge in [-0.05, 0) is 38.0 Å². The number of piperidine rings is 1. The van der Waals surface area contributed by atoms with Crippen molar-refractivity contribution in [3.05, 3.63) is 39.3 Å². The minimum atomic E-state index is -0.586. The number of thiazole rings is 1. The summed E-state index contributed by atoms with van der Waals surface area (Å²) in [5, 5.41) is 11.6.